The Morgan fingerprint density at radius 3 is 2.66 bits per heavy atom. The number of carbonyl (C=O) groups excluding carboxylic acids is 1. The average Bonchev–Trinajstić information content (AvgIpc) is 2.78. The fourth-order valence-corrected chi connectivity index (χ4v) is 3.66. The number of thioether (sulfide) groups is 1. The molecule has 4 rings (SSSR count). The predicted octanol–water partition coefficient (Wildman–Crippen LogP) is 2.99. The van der Waals surface area contributed by atoms with Crippen LogP contribution in [-0.2, 0) is 0 Å². The molecule has 7 nitrogen and oxygen atoms in total. The molecule has 148 valence electrons. The lowest BCUT2D eigenvalue weighted by molar-refractivity contribution is 0.102. The van der Waals surface area contributed by atoms with Crippen LogP contribution in [0.4, 0.5) is 0 Å². The molecule has 0 spiro atoms. The van der Waals surface area contributed by atoms with Crippen molar-refractivity contribution in [1.82, 2.24) is 9.55 Å². The molecule has 1 aromatic heterocycles. The van der Waals surface area contributed by atoms with E-state index in [-0.39, 0.29) is 22.1 Å². The number of Topliss-reactive ketones (excluding diaryl/α,β-unsaturated/α-hetero) is 1. The topological polar surface area (TPSA) is 79.7 Å². The Hall–Kier alpha value is -3.26. The summed E-state index contributed by atoms with van der Waals surface area (Å²) < 4.78 is 17.7. The van der Waals surface area contributed by atoms with Gasteiger partial charge in [-0.25, -0.2) is 4.98 Å². The molecule has 0 saturated carbocycles. The van der Waals surface area contributed by atoms with Crippen molar-refractivity contribution in [2.75, 3.05) is 26.1 Å². The van der Waals surface area contributed by atoms with Crippen LogP contribution >= 0.6 is 11.8 Å². The zero-order valence-electron chi connectivity index (χ0n) is 15.7. The summed E-state index contributed by atoms with van der Waals surface area (Å²) in [6.45, 7) is 0.973. The molecule has 0 aliphatic carbocycles. The average molecular weight is 410 g/mol. The maximum absolute atomic E-state index is 12.8. The molecule has 2 heterocycles. The highest BCUT2D eigenvalue weighted by molar-refractivity contribution is 7.99. The molecule has 0 amide bonds. The SMILES string of the molecule is COc1ccc(C(=O)CSc2nccn(-c3ccc4c(c3)OCCO4)c2=O)cc1. The minimum atomic E-state index is -0.295. The van der Waals surface area contributed by atoms with Crippen molar-refractivity contribution >= 4 is 17.5 Å². The van der Waals surface area contributed by atoms with Crippen molar-refractivity contribution in [3.05, 3.63) is 70.8 Å². The van der Waals surface area contributed by atoms with E-state index >= 15 is 0 Å². The lowest BCUT2D eigenvalue weighted by Crippen LogP contribution is -2.22. The monoisotopic (exact) mass is 410 g/mol. The Kier molecular flexibility index (Phi) is 5.53. The number of ketones is 1. The molecular formula is C21H18N2O5S. The second-order valence-corrected chi connectivity index (χ2v) is 7.14. The summed E-state index contributed by atoms with van der Waals surface area (Å²) in [5, 5.41) is 0.254. The highest BCUT2D eigenvalue weighted by Crippen LogP contribution is 2.31. The number of rotatable bonds is 6. The molecule has 0 atom stereocenters. The first-order valence-corrected chi connectivity index (χ1v) is 9.92. The summed E-state index contributed by atoms with van der Waals surface area (Å²) in [6, 6.07) is 12.2. The van der Waals surface area contributed by atoms with E-state index in [9.17, 15) is 9.59 Å². The summed E-state index contributed by atoms with van der Waals surface area (Å²) in [4.78, 5) is 29.4. The number of aromatic nitrogens is 2. The van der Waals surface area contributed by atoms with Crippen LogP contribution in [0.1, 0.15) is 10.4 Å². The summed E-state index contributed by atoms with van der Waals surface area (Å²) in [7, 11) is 1.57. The molecule has 3 aromatic rings. The molecule has 0 saturated heterocycles. The lowest BCUT2D eigenvalue weighted by Gasteiger charge is -2.19. The molecule has 0 bridgehead atoms. The van der Waals surface area contributed by atoms with Crippen molar-refractivity contribution in [3.63, 3.8) is 0 Å². The van der Waals surface area contributed by atoms with Crippen molar-refractivity contribution in [2.45, 2.75) is 5.03 Å². The van der Waals surface area contributed by atoms with Gasteiger partial charge >= 0.3 is 0 Å². The van der Waals surface area contributed by atoms with Gasteiger partial charge < -0.3 is 14.2 Å². The molecule has 1 aliphatic heterocycles. The van der Waals surface area contributed by atoms with Gasteiger partial charge in [0.25, 0.3) is 5.56 Å². The minimum absolute atomic E-state index is 0.0893. The van der Waals surface area contributed by atoms with Crippen LogP contribution in [0, 0.1) is 0 Å². The van der Waals surface area contributed by atoms with Gasteiger partial charge in [0.05, 0.1) is 18.6 Å². The number of carbonyl (C=O) groups is 1. The van der Waals surface area contributed by atoms with Gasteiger partial charge in [0, 0.05) is 24.0 Å². The number of methoxy groups -OCH3 is 1. The zero-order valence-corrected chi connectivity index (χ0v) is 16.5. The Bertz CT molecular complexity index is 1090. The second kappa shape index (κ2) is 8.40. The van der Waals surface area contributed by atoms with Gasteiger partial charge in [0.1, 0.15) is 19.0 Å². The van der Waals surface area contributed by atoms with Crippen LogP contribution in [-0.4, -0.2) is 41.4 Å². The van der Waals surface area contributed by atoms with E-state index in [2.05, 4.69) is 4.98 Å². The van der Waals surface area contributed by atoms with Crippen LogP contribution in [0.2, 0.25) is 0 Å². The number of ether oxygens (including phenoxy) is 3. The Morgan fingerprint density at radius 2 is 1.90 bits per heavy atom. The predicted molar refractivity (Wildman–Crippen MR) is 109 cm³/mol. The van der Waals surface area contributed by atoms with Crippen molar-refractivity contribution in [1.29, 1.82) is 0 Å². The fourth-order valence-electron chi connectivity index (χ4n) is 2.87. The Morgan fingerprint density at radius 1 is 1.14 bits per heavy atom. The molecule has 0 radical (unpaired) electrons. The maximum Gasteiger partial charge on any atom is 0.287 e. The summed E-state index contributed by atoms with van der Waals surface area (Å²) >= 11 is 1.12. The molecule has 8 heteroatoms. The third-order valence-electron chi connectivity index (χ3n) is 4.37. The van der Waals surface area contributed by atoms with Gasteiger partial charge in [-0.3, -0.25) is 14.2 Å². The zero-order chi connectivity index (χ0) is 20.2. The van der Waals surface area contributed by atoms with E-state index in [0.717, 1.165) is 11.8 Å². The van der Waals surface area contributed by atoms with E-state index in [1.54, 1.807) is 62.0 Å². The molecule has 0 N–H and O–H groups in total. The smallest absolute Gasteiger partial charge is 0.287 e. The van der Waals surface area contributed by atoms with Crippen LogP contribution in [0.25, 0.3) is 5.69 Å². The third-order valence-corrected chi connectivity index (χ3v) is 5.33. The first kappa shape index (κ1) is 19.1. The first-order chi connectivity index (χ1) is 14.2. The van der Waals surface area contributed by atoms with Crippen LogP contribution in [0.15, 0.2) is 64.7 Å². The summed E-state index contributed by atoms with van der Waals surface area (Å²) in [5.74, 6) is 1.96. The van der Waals surface area contributed by atoms with E-state index in [1.807, 2.05) is 0 Å². The van der Waals surface area contributed by atoms with Crippen molar-refractivity contribution in [2.24, 2.45) is 0 Å². The molecule has 2 aromatic carbocycles. The van der Waals surface area contributed by atoms with Crippen LogP contribution in [0.5, 0.6) is 17.2 Å². The van der Waals surface area contributed by atoms with Gasteiger partial charge in [0.2, 0.25) is 0 Å². The highest BCUT2D eigenvalue weighted by Gasteiger charge is 2.15. The molecule has 1 aliphatic rings. The van der Waals surface area contributed by atoms with Crippen LogP contribution in [0.3, 0.4) is 0 Å². The largest absolute Gasteiger partial charge is 0.497 e. The molecule has 0 fully saturated rings. The van der Waals surface area contributed by atoms with E-state index in [4.69, 9.17) is 14.2 Å². The Labute approximate surface area is 171 Å². The molecule has 0 unspecified atom stereocenters. The summed E-state index contributed by atoms with van der Waals surface area (Å²) in [5.41, 5.74) is 0.906. The van der Waals surface area contributed by atoms with Gasteiger partial charge in [0.15, 0.2) is 22.3 Å². The fraction of sp³-hybridized carbons (Fsp3) is 0.190. The van der Waals surface area contributed by atoms with Gasteiger partial charge in [-0.1, -0.05) is 11.8 Å². The van der Waals surface area contributed by atoms with E-state index < -0.39 is 0 Å². The van der Waals surface area contributed by atoms with Crippen LogP contribution < -0.4 is 19.8 Å². The first-order valence-electron chi connectivity index (χ1n) is 8.93. The highest BCUT2D eigenvalue weighted by atomic mass is 32.2. The molecular weight excluding hydrogens is 392 g/mol. The summed E-state index contributed by atoms with van der Waals surface area (Å²) in [6.07, 6.45) is 3.13. The normalized spacial score (nSPS) is 12.4. The van der Waals surface area contributed by atoms with Gasteiger partial charge in [-0.15, -0.1) is 0 Å². The number of nitrogens with zero attached hydrogens (tertiary/aromatic N) is 2. The van der Waals surface area contributed by atoms with E-state index in [0.29, 0.717) is 41.7 Å². The van der Waals surface area contributed by atoms with E-state index in [1.165, 1.54) is 4.57 Å². The van der Waals surface area contributed by atoms with Crippen molar-refractivity contribution in [3.8, 4) is 22.9 Å². The quantitative estimate of drug-likeness (QED) is 0.457. The number of benzene rings is 2. The number of fused-ring (bicyclic) bond motifs is 1. The Balaban J connectivity index is 1.52. The number of hydrogen-bond acceptors (Lipinski definition) is 7. The molecule has 29 heavy (non-hydrogen) atoms. The van der Waals surface area contributed by atoms with Gasteiger partial charge in [-0.05, 0) is 36.4 Å². The minimum Gasteiger partial charge on any atom is -0.497 e. The van der Waals surface area contributed by atoms with Crippen molar-refractivity contribution < 1.29 is 19.0 Å². The van der Waals surface area contributed by atoms with Gasteiger partial charge in [-0.2, -0.15) is 0 Å². The maximum atomic E-state index is 12.8. The third kappa shape index (κ3) is 4.12. The number of hydrogen-bond donors (Lipinski definition) is 0. The second-order valence-electron chi connectivity index (χ2n) is 6.18. The lowest BCUT2D eigenvalue weighted by atomic mass is 10.1. The standard InChI is InChI=1S/C21H18N2O5S/c1-26-16-5-2-14(3-6-16)17(24)13-29-20-21(25)23(9-8-22-20)15-4-7-18-19(12-15)28-11-10-27-18/h2-9,12H,10-11,13H2,1H3.